The van der Waals surface area contributed by atoms with E-state index in [4.69, 9.17) is 4.74 Å². The number of carbonyl (C=O) groups is 2. The molecule has 0 aliphatic carbocycles. The molecule has 168 valence electrons. The molecule has 0 spiro atoms. The van der Waals surface area contributed by atoms with Crippen LogP contribution in [0.3, 0.4) is 0 Å². The molecule has 1 aliphatic heterocycles. The number of aromatic nitrogens is 1. The van der Waals surface area contributed by atoms with Gasteiger partial charge in [-0.2, -0.15) is 0 Å². The lowest BCUT2D eigenvalue weighted by Crippen LogP contribution is -2.49. The van der Waals surface area contributed by atoms with Crippen LogP contribution in [0.2, 0.25) is 0 Å². The predicted molar refractivity (Wildman–Crippen MR) is 124 cm³/mol. The second-order valence-corrected chi connectivity index (χ2v) is 9.06. The van der Waals surface area contributed by atoms with Gasteiger partial charge in [0.2, 0.25) is 11.8 Å². The van der Waals surface area contributed by atoms with Crippen LogP contribution in [0.5, 0.6) is 0 Å². The normalized spacial score (nSPS) is 18.7. The summed E-state index contributed by atoms with van der Waals surface area (Å²) in [5.41, 5.74) is 1.51. The van der Waals surface area contributed by atoms with E-state index >= 15 is 0 Å². The number of hydrogen-bond donors (Lipinski definition) is 1. The molecule has 0 radical (unpaired) electrons. The fraction of sp³-hybridized carbons (Fsp3) is 0.333. The summed E-state index contributed by atoms with van der Waals surface area (Å²) < 4.78 is 20.7. The van der Waals surface area contributed by atoms with Crippen LogP contribution < -0.4 is 5.32 Å². The van der Waals surface area contributed by atoms with E-state index < -0.39 is 0 Å². The third-order valence-corrected chi connectivity index (χ3v) is 6.36. The average Bonchev–Trinajstić information content (AvgIpc) is 3.11. The van der Waals surface area contributed by atoms with Crippen molar-refractivity contribution >= 4 is 40.2 Å². The summed E-state index contributed by atoms with van der Waals surface area (Å²) in [5, 5.41) is 3.78. The number of carbonyl (C=O) groups excluding carboxylic acids is 2. The van der Waals surface area contributed by atoms with Crippen molar-refractivity contribution in [3.63, 3.8) is 0 Å². The van der Waals surface area contributed by atoms with E-state index in [1.54, 1.807) is 0 Å². The Morgan fingerprint density at radius 1 is 1.09 bits per heavy atom. The van der Waals surface area contributed by atoms with E-state index in [1.807, 2.05) is 53.8 Å². The molecule has 3 aromatic rings. The molecule has 2 unspecified atom stereocenters. The first-order valence-electron chi connectivity index (χ1n) is 10.6. The Bertz CT molecular complexity index is 1110. The molecule has 6 nitrogen and oxygen atoms in total. The summed E-state index contributed by atoms with van der Waals surface area (Å²) in [6.07, 6.45) is 1.98. The van der Waals surface area contributed by atoms with Gasteiger partial charge in [-0.15, -0.1) is 11.8 Å². The van der Waals surface area contributed by atoms with Crippen LogP contribution in [0.25, 0.3) is 10.9 Å². The molecule has 2 heterocycles. The third-order valence-electron chi connectivity index (χ3n) is 5.32. The fourth-order valence-corrected chi connectivity index (χ4v) is 4.85. The van der Waals surface area contributed by atoms with E-state index in [9.17, 15) is 14.0 Å². The maximum Gasteiger partial charge on any atom is 0.242 e. The van der Waals surface area contributed by atoms with Crippen molar-refractivity contribution in [1.82, 2.24) is 9.47 Å². The van der Waals surface area contributed by atoms with E-state index in [1.165, 1.54) is 36.0 Å². The number of thioether (sulfide) groups is 1. The molecule has 0 bridgehead atoms. The van der Waals surface area contributed by atoms with Crippen LogP contribution in [-0.2, 0) is 20.9 Å². The van der Waals surface area contributed by atoms with Crippen molar-refractivity contribution < 1.29 is 18.7 Å². The third kappa shape index (κ3) is 5.31. The minimum atomic E-state index is -0.347. The lowest BCUT2D eigenvalue weighted by Gasteiger charge is -2.35. The Labute approximate surface area is 190 Å². The van der Waals surface area contributed by atoms with Gasteiger partial charge < -0.3 is 19.5 Å². The van der Waals surface area contributed by atoms with E-state index in [2.05, 4.69) is 5.32 Å². The molecular weight excluding hydrogens is 429 g/mol. The zero-order chi connectivity index (χ0) is 22.7. The average molecular weight is 456 g/mol. The van der Waals surface area contributed by atoms with Crippen molar-refractivity contribution in [1.29, 1.82) is 0 Å². The minimum absolute atomic E-state index is 0.0230. The summed E-state index contributed by atoms with van der Waals surface area (Å²) in [6, 6.07) is 13.5. The van der Waals surface area contributed by atoms with Gasteiger partial charge in [0.25, 0.3) is 0 Å². The Hall–Kier alpha value is -2.84. The van der Waals surface area contributed by atoms with Gasteiger partial charge in [0, 0.05) is 40.8 Å². The number of nitrogens with zero attached hydrogens (tertiary/aromatic N) is 2. The fourth-order valence-electron chi connectivity index (χ4n) is 3.96. The van der Waals surface area contributed by atoms with Crippen molar-refractivity contribution in [3.05, 3.63) is 60.5 Å². The summed E-state index contributed by atoms with van der Waals surface area (Å²) >= 11 is 1.41. The van der Waals surface area contributed by atoms with Crippen LogP contribution >= 0.6 is 11.8 Å². The first-order chi connectivity index (χ1) is 15.4. The first-order valence-corrected chi connectivity index (χ1v) is 11.6. The highest BCUT2D eigenvalue weighted by molar-refractivity contribution is 8.00. The van der Waals surface area contributed by atoms with Crippen molar-refractivity contribution in [2.45, 2.75) is 37.5 Å². The maximum absolute atomic E-state index is 13.0. The van der Waals surface area contributed by atoms with Gasteiger partial charge in [0.05, 0.1) is 18.0 Å². The molecule has 4 rings (SSSR count). The second-order valence-electron chi connectivity index (χ2n) is 8.04. The van der Waals surface area contributed by atoms with Gasteiger partial charge >= 0.3 is 0 Å². The highest BCUT2D eigenvalue weighted by Gasteiger charge is 2.26. The predicted octanol–water partition coefficient (Wildman–Crippen LogP) is 4.15. The van der Waals surface area contributed by atoms with Crippen LogP contribution in [-0.4, -0.2) is 52.3 Å². The Morgan fingerprint density at radius 3 is 2.50 bits per heavy atom. The van der Waals surface area contributed by atoms with Gasteiger partial charge in [-0.25, -0.2) is 4.39 Å². The number of fused-ring (bicyclic) bond motifs is 1. The first kappa shape index (κ1) is 22.4. The van der Waals surface area contributed by atoms with Crippen LogP contribution in [0.15, 0.2) is 59.6 Å². The van der Waals surface area contributed by atoms with Gasteiger partial charge in [0.15, 0.2) is 0 Å². The SMILES string of the molecule is CC1CN(C(=O)Cn2cc(SCC(=O)Nc3ccc(F)cc3)c3ccccc32)CC(C)O1. The zero-order valence-corrected chi connectivity index (χ0v) is 18.9. The number of halogens is 1. The molecule has 32 heavy (non-hydrogen) atoms. The molecule has 2 aromatic carbocycles. The van der Waals surface area contributed by atoms with E-state index in [0.29, 0.717) is 18.8 Å². The van der Waals surface area contributed by atoms with Gasteiger partial charge in [-0.1, -0.05) is 18.2 Å². The van der Waals surface area contributed by atoms with E-state index in [-0.39, 0.29) is 42.1 Å². The van der Waals surface area contributed by atoms with Crippen molar-refractivity contribution in [2.75, 3.05) is 24.2 Å². The number of hydrogen-bond acceptors (Lipinski definition) is 4. The highest BCUT2D eigenvalue weighted by atomic mass is 32.2. The molecule has 1 saturated heterocycles. The molecule has 1 N–H and O–H groups in total. The smallest absolute Gasteiger partial charge is 0.242 e. The number of anilines is 1. The highest BCUT2D eigenvalue weighted by Crippen LogP contribution is 2.30. The van der Waals surface area contributed by atoms with Gasteiger partial charge in [0.1, 0.15) is 12.4 Å². The van der Waals surface area contributed by atoms with Crippen molar-refractivity contribution in [3.8, 4) is 0 Å². The lowest BCUT2D eigenvalue weighted by atomic mass is 10.2. The van der Waals surface area contributed by atoms with Crippen LogP contribution in [0, 0.1) is 5.82 Å². The van der Waals surface area contributed by atoms with Crippen molar-refractivity contribution in [2.24, 2.45) is 0 Å². The number of amides is 2. The Morgan fingerprint density at radius 2 is 1.78 bits per heavy atom. The van der Waals surface area contributed by atoms with Gasteiger partial charge in [-0.3, -0.25) is 9.59 Å². The number of morpholine rings is 1. The molecular formula is C24H26FN3O3S. The molecule has 8 heteroatoms. The molecule has 0 saturated carbocycles. The number of ether oxygens (including phenoxy) is 1. The number of para-hydroxylation sites is 1. The molecule has 1 fully saturated rings. The second kappa shape index (κ2) is 9.75. The van der Waals surface area contributed by atoms with Gasteiger partial charge in [-0.05, 0) is 44.2 Å². The molecule has 1 aromatic heterocycles. The van der Waals surface area contributed by atoms with E-state index in [0.717, 1.165) is 15.8 Å². The minimum Gasteiger partial charge on any atom is -0.372 e. The summed E-state index contributed by atoms with van der Waals surface area (Å²) in [4.78, 5) is 28.1. The number of rotatable bonds is 6. The number of nitrogens with one attached hydrogen (secondary N) is 1. The summed E-state index contributed by atoms with van der Waals surface area (Å²) in [6.45, 7) is 5.38. The monoisotopic (exact) mass is 455 g/mol. The maximum atomic E-state index is 13.0. The largest absolute Gasteiger partial charge is 0.372 e. The molecule has 1 aliphatic rings. The summed E-state index contributed by atoms with van der Waals surface area (Å²) in [5.74, 6) is -0.262. The molecule has 2 amide bonds. The molecule has 2 atom stereocenters. The standard InChI is InChI=1S/C24H26FN3O3S/c1-16-11-28(12-17(2)31-16)24(30)14-27-13-22(20-5-3-4-6-21(20)27)32-15-23(29)26-19-9-7-18(25)8-10-19/h3-10,13,16-17H,11-12,14-15H2,1-2H3,(H,26,29). The quantitative estimate of drug-likeness (QED) is 0.568. The summed E-state index contributed by atoms with van der Waals surface area (Å²) in [7, 11) is 0. The Kier molecular flexibility index (Phi) is 6.81. The topological polar surface area (TPSA) is 63.6 Å². The van der Waals surface area contributed by atoms with Crippen LogP contribution in [0.1, 0.15) is 13.8 Å². The Balaban J connectivity index is 1.44. The lowest BCUT2D eigenvalue weighted by molar-refractivity contribution is -0.143. The number of benzene rings is 2. The van der Waals surface area contributed by atoms with Crippen LogP contribution in [0.4, 0.5) is 10.1 Å². The zero-order valence-electron chi connectivity index (χ0n) is 18.1.